The van der Waals surface area contributed by atoms with E-state index in [0.29, 0.717) is 0 Å². The lowest BCUT2D eigenvalue weighted by molar-refractivity contribution is 0.643. The Balaban J connectivity index is 1.42. The lowest BCUT2D eigenvalue weighted by Gasteiger charge is -2.36. The second-order valence-corrected chi connectivity index (χ2v) is 5.95. The highest BCUT2D eigenvalue weighted by Gasteiger charge is 2.22. The predicted octanol–water partition coefficient (Wildman–Crippen LogP) is 1.39. The number of hydrogen-bond acceptors (Lipinski definition) is 7. The fraction of sp³-hybridized carbons (Fsp3) is 0.235. The summed E-state index contributed by atoms with van der Waals surface area (Å²) in [7, 11) is 0. The molecule has 0 atom stereocenters. The van der Waals surface area contributed by atoms with Crippen LogP contribution >= 0.6 is 0 Å². The van der Waals surface area contributed by atoms with E-state index < -0.39 is 0 Å². The summed E-state index contributed by atoms with van der Waals surface area (Å²) in [5.41, 5.74) is 1.63. The van der Waals surface area contributed by atoms with E-state index in [9.17, 15) is 0 Å². The number of aromatic nitrogens is 6. The van der Waals surface area contributed by atoms with Crippen LogP contribution in [0.25, 0.3) is 16.7 Å². The molecule has 1 aliphatic heterocycles. The fourth-order valence-electron chi connectivity index (χ4n) is 3.33. The summed E-state index contributed by atoms with van der Waals surface area (Å²) in [4.78, 5) is 26.6. The summed E-state index contributed by atoms with van der Waals surface area (Å²) in [5.74, 6) is 1.88. The van der Waals surface area contributed by atoms with E-state index in [4.69, 9.17) is 0 Å². The van der Waals surface area contributed by atoms with Gasteiger partial charge in [-0.25, -0.2) is 24.9 Å². The molecule has 0 N–H and O–H groups in total. The number of fused-ring (bicyclic) bond motifs is 2. The number of piperazine rings is 1. The van der Waals surface area contributed by atoms with Crippen LogP contribution in [0.2, 0.25) is 0 Å². The van der Waals surface area contributed by atoms with E-state index in [0.717, 1.165) is 54.5 Å². The van der Waals surface area contributed by atoms with Crippen LogP contribution < -0.4 is 9.80 Å². The van der Waals surface area contributed by atoms with Gasteiger partial charge in [0.15, 0.2) is 17.1 Å². The Morgan fingerprint density at radius 2 is 1.48 bits per heavy atom. The van der Waals surface area contributed by atoms with Gasteiger partial charge in [0.2, 0.25) is 0 Å². The highest BCUT2D eigenvalue weighted by Crippen LogP contribution is 2.24. The van der Waals surface area contributed by atoms with Crippen molar-refractivity contribution in [1.29, 1.82) is 0 Å². The molecule has 8 nitrogen and oxygen atoms in total. The van der Waals surface area contributed by atoms with Gasteiger partial charge >= 0.3 is 0 Å². The van der Waals surface area contributed by atoms with Crippen LogP contribution in [-0.2, 0) is 0 Å². The van der Waals surface area contributed by atoms with Crippen LogP contribution in [0.5, 0.6) is 0 Å². The molecule has 8 heteroatoms. The molecule has 1 saturated heterocycles. The molecule has 1 fully saturated rings. The zero-order chi connectivity index (χ0) is 16.6. The molecule has 4 aromatic rings. The second-order valence-electron chi connectivity index (χ2n) is 5.95. The minimum absolute atomic E-state index is 0.735. The summed E-state index contributed by atoms with van der Waals surface area (Å²) in [6.45, 7) is 3.46. The second kappa shape index (κ2) is 5.66. The monoisotopic (exact) mass is 332 g/mol. The molecule has 0 aromatic carbocycles. The molecule has 4 aromatic heterocycles. The normalized spacial score (nSPS) is 15.2. The van der Waals surface area contributed by atoms with Gasteiger partial charge < -0.3 is 14.2 Å². The number of pyridine rings is 1. The third-order valence-corrected chi connectivity index (χ3v) is 4.56. The van der Waals surface area contributed by atoms with Crippen LogP contribution in [0.4, 0.5) is 11.6 Å². The minimum Gasteiger partial charge on any atom is -0.352 e. The van der Waals surface area contributed by atoms with Gasteiger partial charge in [-0.3, -0.25) is 0 Å². The lowest BCUT2D eigenvalue weighted by atomic mass is 10.2. The first-order chi connectivity index (χ1) is 12.4. The van der Waals surface area contributed by atoms with Crippen LogP contribution in [0.1, 0.15) is 0 Å². The summed E-state index contributed by atoms with van der Waals surface area (Å²) in [6.07, 6.45) is 10.8. The van der Waals surface area contributed by atoms with E-state index in [1.165, 1.54) is 0 Å². The van der Waals surface area contributed by atoms with Gasteiger partial charge in [0.1, 0.15) is 12.1 Å². The van der Waals surface area contributed by atoms with Gasteiger partial charge in [-0.15, -0.1) is 0 Å². The van der Waals surface area contributed by atoms with Crippen molar-refractivity contribution in [3.05, 3.63) is 49.4 Å². The molecule has 1 aliphatic rings. The third-order valence-electron chi connectivity index (χ3n) is 4.56. The molecule has 124 valence electrons. The smallest absolute Gasteiger partial charge is 0.180 e. The van der Waals surface area contributed by atoms with Gasteiger partial charge in [-0.2, -0.15) is 0 Å². The molecule has 0 aliphatic carbocycles. The first kappa shape index (κ1) is 14.1. The van der Waals surface area contributed by atoms with Crippen LogP contribution in [0.3, 0.4) is 0 Å². The first-order valence-electron chi connectivity index (χ1n) is 8.23. The van der Waals surface area contributed by atoms with Crippen molar-refractivity contribution in [2.75, 3.05) is 36.0 Å². The molecule has 0 bridgehead atoms. The van der Waals surface area contributed by atoms with E-state index in [1.807, 2.05) is 35.1 Å². The predicted molar refractivity (Wildman–Crippen MR) is 94.7 cm³/mol. The van der Waals surface area contributed by atoms with Crippen molar-refractivity contribution in [1.82, 2.24) is 29.3 Å². The Bertz CT molecular complexity index is 1030. The Kier molecular flexibility index (Phi) is 3.19. The molecule has 0 spiro atoms. The van der Waals surface area contributed by atoms with Gasteiger partial charge in [0.05, 0.1) is 5.39 Å². The van der Waals surface area contributed by atoms with Crippen molar-refractivity contribution in [2.24, 2.45) is 0 Å². The standard InChI is InChI=1S/C17H16N8/c1-2-13-14(18-3-1)21-12-22-15(13)24-8-10-25(11-9-24)17-16-19-4-6-23(16)7-5-20-17/h1-7,12H,8-11H2. The van der Waals surface area contributed by atoms with Gasteiger partial charge in [-0.1, -0.05) is 0 Å². The van der Waals surface area contributed by atoms with E-state index in [1.54, 1.807) is 18.7 Å². The largest absolute Gasteiger partial charge is 0.352 e. The van der Waals surface area contributed by atoms with Crippen molar-refractivity contribution in [3.8, 4) is 0 Å². The maximum absolute atomic E-state index is 4.54. The molecular formula is C17H16N8. The molecule has 0 amide bonds. The highest BCUT2D eigenvalue weighted by molar-refractivity contribution is 5.86. The van der Waals surface area contributed by atoms with Gasteiger partial charge in [0.25, 0.3) is 0 Å². The molecule has 5 rings (SSSR count). The van der Waals surface area contributed by atoms with E-state index in [2.05, 4.69) is 34.7 Å². The van der Waals surface area contributed by atoms with E-state index >= 15 is 0 Å². The Morgan fingerprint density at radius 3 is 2.32 bits per heavy atom. The maximum atomic E-state index is 4.54. The topological polar surface area (TPSA) is 75.3 Å². The zero-order valence-corrected chi connectivity index (χ0v) is 13.5. The summed E-state index contributed by atoms with van der Waals surface area (Å²) in [5, 5.41) is 0.993. The first-order valence-corrected chi connectivity index (χ1v) is 8.23. The number of nitrogens with zero attached hydrogens (tertiary/aromatic N) is 8. The third kappa shape index (κ3) is 2.34. The summed E-state index contributed by atoms with van der Waals surface area (Å²) >= 11 is 0. The quantitative estimate of drug-likeness (QED) is 0.549. The Labute approximate surface area is 143 Å². The Morgan fingerprint density at radius 1 is 0.720 bits per heavy atom. The van der Waals surface area contributed by atoms with Crippen molar-refractivity contribution in [3.63, 3.8) is 0 Å². The number of hydrogen-bond donors (Lipinski definition) is 0. The summed E-state index contributed by atoms with van der Waals surface area (Å²) in [6, 6.07) is 3.95. The summed E-state index contributed by atoms with van der Waals surface area (Å²) < 4.78 is 2.00. The average molecular weight is 332 g/mol. The molecule has 0 radical (unpaired) electrons. The molecule has 5 heterocycles. The molecule has 25 heavy (non-hydrogen) atoms. The molecule has 0 saturated carbocycles. The van der Waals surface area contributed by atoms with Crippen molar-refractivity contribution < 1.29 is 0 Å². The Hall–Kier alpha value is -3.29. The lowest BCUT2D eigenvalue weighted by Crippen LogP contribution is -2.47. The fourth-order valence-corrected chi connectivity index (χ4v) is 3.33. The van der Waals surface area contributed by atoms with Gasteiger partial charge in [-0.05, 0) is 12.1 Å². The van der Waals surface area contributed by atoms with Crippen LogP contribution in [0, 0.1) is 0 Å². The number of imidazole rings is 1. The SMILES string of the molecule is c1cnc2ncnc(N3CCN(c4nccn5ccnc45)CC3)c2c1. The van der Waals surface area contributed by atoms with Gasteiger partial charge in [0, 0.05) is 57.2 Å². The minimum atomic E-state index is 0.735. The van der Waals surface area contributed by atoms with Crippen LogP contribution in [0.15, 0.2) is 49.4 Å². The number of anilines is 2. The zero-order valence-electron chi connectivity index (χ0n) is 13.5. The maximum Gasteiger partial charge on any atom is 0.180 e. The molecular weight excluding hydrogens is 316 g/mol. The average Bonchev–Trinajstić information content (AvgIpc) is 3.17. The van der Waals surface area contributed by atoms with Crippen molar-refractivity contribution in [2.45, 2.75) is 0 Å². The highest BCUT2D eigenvalue weighted by atomic mass is 15.3. The number of rotatable bonds is 2. The molecule has 0 unspecified atom stereocenters. The van der Waals surface area contributed by atoms with Crippen LogP contribution in [-0.4, -0.2) is 55.5 Å². The van der Waals surface area contributed by atoms with Crippen molar-refractivity contribution >= 4 is 28.3 Å². The van der Waals surface area contributed by atoms with E-state index in [-0.39, 0.29) is 0 Å².